The summed E-state index contributed by atoms with van der Waals surface area (Å²) in [6.07, 6.45) is 1.66. The molecular weight excluding hydrogens is 287 g/mol. The summed E-state index contributed by atoms with van der Waals surface area (Å²) in [5.74, 6) is -0.686. The van der Waals surface area contributed by atoms with Crippen molar-refractivity contribution in [3.63, 3.8) is 0 Å². The zero-order valence-corrected chi connectivity index (χ0v) is 11.4. The Morgan fingerprint density at radius 2 is 2.00 bits per heavy atom. The normalized spacial score (nSPS) is 10.6. The van der Waals surface area contributed by atoms with Crippen LogP contribution in [0.4, 0.5) is 10.1 Å². The van der Waals surface area contributed by atoms with Gasteiger partial charge in [0.15, 0.2) is 5.75 Å². The molecule has 5 nitrogen and oxygen atoms in total. The van der Waals surface area contributed by atoms with Crippen molar-refractivity contribution >= 4 is 16.6 Å². The monoisotopic (exact) mass is 298 g/mol. The Kier molecular flexibility index (Phi) is 3.65. The Morgan fingerprint density at radius 3 is 2.82 bits per heavy atom. The number of halogens is 1. The van der Waals surface area contributed by atoms with E-state index in [1.54, 1.807) is 6.20 Å². The van der Waals surface area contributed by atoms with Gasteiger partial charge in [-0.25, -0.2) is 4.39 Å². The van der Waals surface area contributed by atoms with Gasteiger partial charge in [0.25, 0.3) is 0 Å². The minimum absolute atomic E-state index is 0.0681. The Labute approximate surface area is 125 Å². The standard InChI is InChI=1S/C16H11FN2O3/c17-13-6-7-14(19(20)21)15(9-13)22-10-12-4-1-3-11-5-2-8-18-16(11)12/h1-9H,10H2. The number of hydrogen-bond acceptors (Lipinski definition) is 4. The van der Waals surface area contributed by atoms with E-state index in [0.717, 1.165) is 34.7 Å². The Bertz CT molecular complexity index is 846. The van der Waals surface area contributed by atoms with E-state index >= 15 is 0 Å². The largest absolute Gasteiger partial charge is 0.482 e. The lowest BCUT2D eigenvalue weighted by atomic mass is 10.1. The van der Waals surface area contributed by atoms with Crippen LogP contribution in [0.2, 0.25) is 0 Å². The molecule has 0 fully saturated rings. The number of para-hydroxylation sites is 1. The number of benzene rings is 2. The molecule has 6 heteroatoms. The van der Waals surface area contributed by atoms with Gasteiger partial charge in [0.1, 0.15) is 12.4 Å². The molecule has 0 aliphatic rings. The third kappa shape index (κ3) is 2.71. The van der Waals surface area contributed by atoms with Crippen molar-refractivity contribution in [3.05, 3.63) is 76.2 Å². The molecular formula is C16H11FN2O3. The van der Waals surface area contributed by atoms with Crippen LogP contribution in [-0.2, 0) is 6.61 Å². The van der Waals surface area contributed by atoms with Gasteiger partial charge in [-0.15, -0.1) is 0 Å². The molecule has 0 radical (unpaired) electrons. The summed E-state index contributed by atoms with van der Waals surface area (Å²) >= 11 is 0. The molecule has 0 aliphatic carbocycles. The Hall–Kier alpha value is -3.02. The maximum Gasteiger partial charge on any atom is 0.311 e. The number of nitro benzene ring substituents is 1. The van der Waals surface area contributed by atoms with Crippen molar-refractivity contribution in [1.82, 2.24) is 4.98 Å². The highest BCUT2D eigenvalue weighted by Gasteiger charge is 2.16. The van der Waals surface area contributed by atoms with Gasteiger partial charge < -0.3 is 4.74 Å². The highest BCUT2D eigenvalue weighted by Crippen LogP contribution is 2.28. The van der Waals surface area contributed by atoms with E-state index in [4.69, 9.17) is 4.74 Å². The molecule has 2 aromatic carbocycles. The lowest BCUT2D eigenvalue weighted by molar-refractivity contribution is -0.386. The fourth-order valence-electron chi connectivity index (χ4n) is 2.19. The van der Waals surface area contributed by atoms with Gasteiger partial charge in [-0.1, -0.05) is 24.3 Å². The van der Waals surface area contributed by atoms with Crippen LogP contribution in [-0.4, -0.2) is 9.91 Å². The first-order chi connectivity index (χ1) is 10.6. The predicted octanol–water partition coefficient (Wildman–Crippen LogP) is 3.86. The molecule has 0 amide bonds. The van der Waals surface area contributed by atoms with Gasteiger partial charge >= 0.3 is 5.69 Å². The molecule has 0 N–H and O–H groups in total. The number of fused-ring (bicyclic) bond motifs is 1. The Balaban J connectivity index is 1.92. The minimum Gasteiger partial charge on any atom is -0.482 e. The third-order valence-electron chi connectivity index (χ3n) is 3.22. The number of ether oxygens (including phenoxy) is 1. The molecule has 1 heterocycles. The van der Waals surface area contributed by atoms with Crippen molar-refractivity contribution in [2.45, 2.75) is 6.61 Å². The summed E-state index contributed by atoms with van der Waals surface area (Å²) in [7, 11) is 0. The summed E-state index contributed by atoms with van der Waals surface area (Å²) in [5, 5.41) is 11.9. The highest BCUT2D eigenvalue weighted by molar-refractivity contribution is 5.81. The zero-order valence-electron chi connectivity index (χ0n) is 11.4. The van der Waals surface area contributed by atoms with Crippen molar-refractivity contribution in [2.75, 3.05) is 0 Å². The number of nitro groups is 1. The minimum atomic E-state index is -0.601. The lowest BCUT2D eigenvalue weighted by Crippen LogP contribution is -2.01. The second kappa shape index (κ2) is 5.77. The maximum atomic E-state index is 13.3. The van der Waals surface area contributed by atoms with E-state index in [1.807, 2.05) is 30.3 Å². The molecule has 0 saturated carbocycles. The van der Waals surface area contributed by atoms with E-state index in [-0.39, 0.29) is 18.0 Å². The van der Waals surface area contributed by atoms with Crippen molar-refractivity contribution in [1.29, 1.82) is 0 Å². The van der Waals surface area contributed by atoms with Crippen LogP contribution >= 0.6 is 0 Å². The molecule has 0 aliphatic heterocycles. The first-order valence-corrected chi connectivity index (χ1v) is 6.54. The molecule has 0 unspecified atom stereocenters. The smallest absolute Gasteiger partial charge is 0.311 e. The number of nitrogens with zero attached hydrogens (tertiary/aromatic N) is 2. The van der Waals surface area contributed by atoms with Crippen LogP contribution < -0.4 is 4.74 Å². The van der Waals surface area contributed by atoms with Gasteiger partial charge in [0.05, 0.1) is 10.4 Å². The lowest BCUT2D eigenvalue weighted by Gasteiger charge is -2.09. The summed E-state index contributed by atoms with van der Waals surface area (Å²) in [6, 6.07) is 12.5. The average Bonchev–Trinajstić information content (AvgIpc) is 2.52. The van der Waals surface area contributed by atoms with Crippen LogP contribution in [0.5, 0.6) is 5.75 Å². The van der Waals surface area contributed by atoms with Gasteiger partial charge in [-0.2, -0.15) is 0 Å². The number of pyridine rings is 1. The van der Waals surface area contributed by atoms with Gasteiger partial charge in [0, 0.05) is 29.3 Å². The van der Waals surface area contributed by atoms with Gasteiger partial charge in [-0.05, 0) is 12.1 Å². The molecule has 0 bridgehead atoms. The van der Waals surface area contributed by atoms with E-state index in [1.165, 1.54) is 0 Å². The molecule has 3 aromatic rings. The average molecular weight is 298 g/mol. The quantitative estimate of drug-likeness (QED) is 0.542. The van der Waals surface area contributed by atoms with E-state index in [9.17, 15) is 14.5 Å². The SMILES string of the molecule is O=[N+]([O-])c1ccc(F)cc1OCc1cccc2cccnc12. The molecule has 3 rings (SSSR count). The van der Waals surface area contributed by atoms with Gasteiger partial charge in [-0.3, -0.25) is 15.1 Å². The zero-order chi connectivity index (χ0) is 15.5. The topological polar surface area (TPSA) is 65.3 Å². The maximum absolute atomic E-state index is 13.3. The molecule has 1 aromatic heterocycles. The predicted molar refractivity (Wildman–Crippen MR) is 79.1 cm³/mol. The first kappa shape index (κ1) is 13.9. The molecule has 0 atom stereocenters. The van der Waals surface area contributed by atoms with E-state index < -0.39 is 10.7 Å². The van der Waals surface area contributed by atoms with Crippen LogP contribution in [0, 0.1) is 15.9 Å². The molecule has 22 heavy (non-hydrogen) atoms. The summed E-state index contributed by atoms with van der Waals surface area (Å²) in [5.41, 5.74) is 1.26. The number of aromatic nitrogens is 1. The fourth-order valence-corrected chi connectivity index (χ4v) is 2.19. The fraction of sp³-hybridized carbons (Fsp3) is 0.0625. The molecule has 0 spiro atoms. The van der Waals surface area contributed by atoms with Crippen molar-refractivity contribution in [2.24, 2.45) is 0 Å². The summed E-state index contributed by atoms with van der Waals surface area (Å²) in [6.45, 7) is 0.0681. The Morgan fingerprint density at radius 1 is 1.18 bits per heavy atom. The van der Waals surface area contributed by atoms with Crippen LogP contribution in [0.3, 0.4) is 0 Å². The van der Waals surface area contributed by atoms with Crippen LogP contribution in [0.15, 0.2) is 54.7 Å². The number of rotatable bonds is 4. The van der Waals surface area contributed by atoms with E-state index in [2.05, 4.69) is 4.98 Å². The van der Waals surface area contributed by atoms with Crippen LogP contribution in [0.1, 0.15) is 5.56 Å². The third-order valence-corrected chi connectivity index (χ3v) is 3.22. The highest BCUT2D eigenvalue weighted by atomic mass is 19.1. The van der Waals surface area contributed by atoms with E-state index in [0.29, 0.717) is 0 Å². The summed E-state index contributed by atoms with van der Waals surface area (Å²) < 4.78 is 18.7. The van der Waals surface area contributed by atoms with Crippen molar-refractivity contribution < 1.29 is 14.1 Å². The molecule has 0 saturated heterocycles. The first-order valence-electron chi connectivity index (χ1n) is 6.54. The molecule has 110 valence electrons. The van der Waals surface area contributed by atoms with Gasteiger partial charge in [0.2, 0.25) is 0 Å². The van der Waals surface area contributed by atoms with Crippen molar-refractivity contribution in [3.8, 4) is 5.75 Å². The summed E-state index contributed by atoms with van der Waals surface area (Å²) in [4.78, 5) is 14.6. The second-order valence-electron chi connectivity index (χ2n) is 4.65. The second-order valence-corrected chi connectivity index (χ2v) is 4.65. The number of hydrogen-bond donors (Lipinski definition) is 0. The van der Waals surface area contributed by atoms with Crippen LogP contribution in [0.25, 0.3) is 10.9 Å².